The highest BCUT2D eigenvalue weighted by Gasteiger charge is 2.26. The summed E-state index contributed by atoms with van der Waals surface area (Å²) in [4.78, 5) is 2.44. The minimum Gasteiger partial charge on any atom is -0.497 e. The lowest BCUT2D eigenvalue weighted by atomic mass is 9.92. The normalized spacial score (nSPS) is 15.4. The zero-order valence-electron chi connectivity index (χ0n) is 18.2. The highest BCUT2D eigenvalue weighted by molar-refractivity contribution is 5.45. The molecule has 31 heavy (non-hydrogen) atoms. The smallest absolute Gasteiger partial charge is 0.119 e. The number of ether oxygens (including phenoxy) is 3. The monoisotopic (exact) mass is 413 g/mol. The Morgan fingerprint density at radius 3 is 2.06 bits per heavy atom. The molecule has 0 spiro atoms. The van der Waals surface area contributed by atoms with Gasteiger partial charge < -0.3 is 14.2 Å². The molecule has 0 aliphatic carbocycles. The third-order valence-corrected chi connectivity index (χ3v) is 5.67. The molecule has 0 saturated heterocycles. The van der Waals surface area contributed by atoms with Crippen molar-refractivity contribution < 1.29 is 14.2 Å². The van der Waals surface area contributed by atoms with Gasteiger partial charge >= 0.3 is 0 Å². The summed E-state index contributed by atoms with van der Waals surface area (Å²) < 4.78 is 16.0. The second-order valence-electron chi connectivity index (χ2n) is 7.53. The summed E-state index contributed by atoms with van der Waals surface area (Å²) in [6.07, 6.45) is 0.976. The molecule has 0 radical (unpaired) electrons. The Morgan fingerprint density at radius 2 is 1.42 bits per heavy atom. The maximum atomic E-state index is 5.44. The highest BCUT2D eigenvalue weighted by atomic mass is 16.5. The van der Waals surface area contributed by atoms with Crippen molar-refractivity contribution in [3.05, 3.63) is 89.0 Å². The van der Waals surface area contributed by atoms with Crippen molar-refractivity contribution in [3.63, 3.8) is 0 Å². The molecule has 1 aliphatic rings. The number of benzene rings is 3. The molecule has 0 amide bonds. The molecular weight excluding hydrogens is 386 g/mol. The Bertz CT molecular complexity index is 1080. The van der Waals surface area contributed by atoms with Crippen LogP contribution in [0, 0.1) is 11.8 Å². The summed E-state index contributed by atoms with van der Waals surface area (Å²) in [7, 11) is 5.07. The fourth-order valence-corrected chi connectivity index (χ4v) is 3.91. The summed E-state index contributed by atoms with van der Waals surface area (Å²) in [5, 5.41) is 0. The summed E-state index contributed by atoms with van der Waals surface area (Å²) in [6.45, 7) is 1.77. The molecule has 4 nitrogen and oxygen atoms in total. The minimum absolute atomic E-state index is 0.0128. The Balaban J connectivity index is 1.65. The molecule has 1 heterocycles. The second-order valence-corrected chi connectivity index (χ2v) is 7.53. The van der Waals surface area contributed by atoms with Gasteiger partial charge in [-0.2, -0.15) is 0 Å². The first-order valence-corrected chi connectivity index (χ1v) is 10.4. The van der Waals surface area contributed by atoms with Crippen molar-refractivity contribution in [3.8, 4) is 29.1 Å². The predicted molar refractivity (Wildman–Crippen MR) is 123 cm³/mol. The average Bonchev–Trinajstić information content (AvgIpc) is 2.83. The molecule has 1 aliphatic heterocycles. The maximum absolute atomic E-state index is 5.44. The summed E-state index contributed by atoms with van der Waals surface area (Å²) in [5.74, 6) is 9.50. The molecule has 0 fully saturated rings. The predicted octanol–water partition coefficient (Wildman–Crippen LogP) is 4.86. The van der Waals surface area contributed by atoms with Gasteiger partial charge in [0.2, 0.25) is 0 Å². The molecule has 0 unspecified atom stereocenters. The van der Waals surface area contributed by atoms with Gasteiger partial charge in [0.05, 0.1) is 27.4 Å². The van der Waals surface area contributed by atoms with Gasteiger partial charge in [-0.25, -0.2) is 0 Å². The zero-order valence-corrected chi connectivity index (χ0v) is 18.2. The Labute approximate surface area is 184 Å². The molecule has 4 rings (SSSR count). The quantitative estimate of drug-likeness (QED) is 0.559. The first-order valence-electron chi connectivity index (χ1n) is 10.4. The van der Waals surface area contributed by atoms with E-state index in [2.05, 4.69) is 41.0 Å². The van der Waals surface area contributed by atoms with Gasteiger partial charge in [0.25, 0.3) is 0 Å². The van der Waals surface area contributed by atoms with Crippen LogP contribution >= 0.6 is 0 Å². The van der Waals surface area contributed by atoms with E-state index in [-0.39, 0.29) is 6.04 Å². The first kappa shape index (κ1) is 20.8. The van der Waals surface area contributed by atoms with E-state index in [1.165, 1.54) is 16.7 Å². The molecule has 1 atom stereocenters. The van der Waals surface area contributed by atoms with Gasteiger partial charge in [-0.1, -0.05) is 30.0 Å². The van der Waals surface area contributed by atoms with Crippen LogP contribution in [0.25, 0.3) is 0 Å². The number of hydrogen-bond donors (Lipinski definition) is 0. The lowest BCUT2D eigenvalue weighted by Gasteiger charge is -2.34. The molecule has 158 valence electrons. The number of hydrogen-bond acceptors (Lipinski definition) is 4. The Morgan fingerprint density at radius 1 is 0.806 bits per heavy atom. The molecule has 3 aromatic carbocycles. The third kappa shape index (κ3) is 4.84. The molecule has 0 saturated carbocycles. The van der Waals surface area contributed by atoms with E-state index in [0.717, 1.165) is 42.3 Å². The number of methoxy groups -OCH3 is 3. The molecule has 0 bridgehead atoms. The van der Waals surface area contributed by atoms with Crippen molar-refractivity contribution in [2.24, 2.45) is 0 Å². The lowest BCUT2D eigenvalue weighted by Crippen LogP contribution is -2.34. The number of fused-ring (bicyclic) bond motifs is 1. The van der Waals surface area contributed by atoms with Gasteiger partial charge in [0.1, 0.15) is 17.2 Å². The average molecular weight is 414 g/mol. The topological polar surface area (TPSA) is 30.9 Å². The standard InChI is InChI=1S/C27H27NO3/c1-29-23-9-4-20(5-10-23)8-15-27-26-14-13-25(31-3)18-22(26)16-17-28(27)19-21-6-11-24(30-2)12-7-21/h4-7,9-14,18,27H,16-17,19H2,1-3H3/t27-/m0/s1. The van der Waals surface area contributed by atoms with Gasteiger partial charge in [0.15, 0.2) is 0 Å². The fraction of sp³-hybridized carbons (Fsp3) is 0.259. The van der Waals surface area contributed by atoms with Crippen molar-refractivity contribution in [1.29, 1.82) is 0 Å². The largest absolute Gasteiger partial charge is 0.497 e. The Hall–Kier alpha value is -3.42. The van der Waals surface area contributed by atoms with Crippen LogP contribution in [0.3, 0.4) is 0 Å². The summed E-state index contributed by atoms with van der Waals surface area (Å²) in [5.41, 5.74) is 4.78. The van der Waals surface area contributed by atoms with E-state index in [1.807, 2.05) is 42.5 Å². The van der Waals surface area contributed by atoms with E-state index < -0.39 is 0 Å². The van der Waals surface area contributed by atoms with Crippen LogP contribution in [0.1, 0.15) is 28.3 Å². The van der Waals surface area contributed by atoms with Gasteiger partial charge in [-0.3, -0.25) is 4.90 Å². The summed E-state index contributed by atoms with van der Waals surface area (Å²) in [6, 6.07) is 22.5. The fourth-order valence-electron chi connectivity index (χ4n) is 3.91. The van der Waals surface area contributed by atoms with Gasteiger partial charge in [-0.05, 0) is 71.6 Å². The van der Waals surface area contributed by atoms with E-state index in [9.17, 15) is 0 Å². The minimum atomic E-state index is 0.0128. The number of nitrogens with zero attached hydrogens (tertiary/aromatic N) is 1. The van der Waals surface area contributed by atoms with Crippen LogP contribution in [0.4, 0.5) is 0 Å². The van der Waals surface area contributed by atoms with E-state index in [1.54, 1.807) is 21.3 Å². The Kier molecular flexibility index (Phi) is 6.45. The molecule has 4 heteroatoms. The molecule has 3 aromatic rings. The summed E-state index contributed by atoms with van der Waals surface area (Å²) >= 11 is 0. The zero-order chi connectivity index (χ0) is 21.6. The van der Waals surface area contributed by atoms with Crippen LogP contribution in [0.5, 0.6) is 17.2 Å². The van der Waals surface area contributed by atoms with Crippen LogP contribution in [0.15, 0.2) is 66.7 Å². The van der Waals surface area contributed by atoms with E-state index in [0.29, 0.717) is 0 Å². The maximum Gasteiger partial charge on any atom is 0.119 e. The first-order chi connectivity index (χ1) is 15.2. The van der Waals surface area contributed by atoms with Gasteiger partial charge in [0, 0.05) is 18.7 Å². The van der Waals surface area contributed by atoms with Crippen LogP contribution < -0.4 is 14.2 Å². The van der Waals surface area contributed by atoms with E-state index in [4.69, 9.17) is 14.2 Å². The van der Waals surface area contributed by atoms with Crippen LogP contribution in [-0.4, -0.2) is 32.8 Å². The lowest BCUT2D eigenvalue weighted by molar-refractivity contribution is 0.216. The van der Waals surface area contributed by atoms with Crippen molar-refractivity contribution >= 4 is 0 Å². The number of rotatable bonds is 5. The molecular formula is C27H27NO3. The van der Waals surface area contributed by atoms with Crippen molar-refractivity contribution in [2.75, 3.05) is 27.9 Å². The molecule has 0 aromatic heterocycles. The second kappa shape index (κ2) is 9.59. The SMILES string of the molecule is COc1ccc(C#C[C@H]2c3ccc(OC)cc3CCN2Cc2ccc(OC)cc2)cc1. The highest BCUT2D eigenvalue weighted by Crippen LogP contribution is 2.33. The molecule has 0 N–H and O–H groups in total. The van der Waals surface area contributed by atoms with Crippen LogP contribution in [-0.2, 0) is 13.0 Å². The van der Waals surface area contributed by atoms with E-state index >= 15 is 0 Å². The van der Waals surface area contributed by atoms with Gasteiger partial charge in [-0.15, -0.1) is 0 Å². The van der Waals surface area contributed by atoms with Crippen LogP contribution in [0.2, 0.25) is 0 Å². The van der Waals surface area contributed by atoms with Crippen molar-refractivity contribution in [1.82, 2.24) is 4.90 Å². The van der Waals surface area contributed by atoms with Crippen molar-refractivity contribution in [2.45, 2.75) is 19.0 Å². The third-order valence-electron chi connectivity index (χ3n) is 5.67.